The molecule has 2 aliphatic rings. The van der Waals surface area contributed by atoms with Crippen molar-refractivity contribution in [2.75, 3.05) is 0 Å². The van der Waals surface area contributed by atoms with Crippen molar-refractivity contribution in [3.8, 4) is 11.8 Å². The first-order valence-electron chi connectivity index (χ1n) is 6.75. The summed E-state index contributed by atoms with van der Waals surface area (Å²) in [5.41, 5.74) is 6.32. The monoisotopic (exact) mass is 302 g/mol. The number of carbonyl (C=O) groups excluding carboxylic acids is 1. The Kier molecular flexibility index (Phi) is 4.28. The van der Waals surface area contributed by atoms with Crippen LogP contribution >= 0.6 is 0 Å². The summed E-state index contributed by atoms with van der Waals surface area (Å²) in [6.45, 7) is 18.2. The van der Waals surface area contributed by atoms with Crippen molar-refractivity contribution in [1.29, 1.82) is 0 Å². The van der Waals surface area contributed by atoms with Crippen LogP contribution in [0.3, 0.4) is 0 Å². The average molecular weight is 302 g/mol. The van der Waals surface area contributed by atoms with E-state index in [2.05, 4.69) is 63.7 Å². The van der Waals surface area contributed by atoms with Crippen LogP contribution in [-0.4, -0.2) is 5.78 Å². The Balaban J connectivity index is 2.25. The van der Waals surface area contributed by atoms with E-state index in [4.69, 9.17) is 4.74 Å². The first kappa shape index (κ1) is 16.4. The molecule has 3 nitrogen and oxygen atoms in total. The fraction of sp³-hybridized carbons (Fsp3) is 0.150. The van der Waals surface area contributed by atoms with E-state index in [0.29, 0.717) is 22.3 Å². The largest absolute Gasteiger partial charge is 0.575 e. The van der Waals surface area contributed by atoms with Gasteiger partial charge in [0.05, 0.1) is 30.1 Å². The van der Waals surface area contributed by atoms with Gasteiger partial charge in [0.1, 0.15) is 26.2 Å². The fourth-order valence-corrected chi connectivity index (χ4v) is 2.11. The van der Waals surface area contributed by atoms with Gasteiger partial charge in [0.25, 0.3) is 0 Å². The lowest BCUT2D eigenvalue weighted by atomic mass is 10.1. The average Bonchev–Trinajstić information content (AvgIpc) is 2.79. The lowest BCUT2D eigenvalue weighted by Crippen LogP contribution is -2.09. The molecule has 0 radical (unpaired) electrons. The molecule has 1 saturated carbocycles. The van der Waals surface area contributed by atoms with Gasteiger partial charge < -0.3 is 23.7 Å². The Morgan fingerprint density at radius 1 is 1.52 bits per heavy atom. The first-order chi connectivity index (χ1) is 10.8. The van der Waals surface area contributed by atoms with Gasteiger partial charge in [-0.2, -0.15) is 5.41 Å². The molecule has 0 aromatic carbocycles. The zero-order valence-corrected chi connectivity index (χ0v) is 12.7. The number of rotatable bonds is 3. The quantitative estimate of drug-likeness (QED) is 0.347. The summed E-state index contributed by atoms with van der Waals surface area (Å²) in [6, 6.07) is 0. The molecule has 0 aromatic rings. The van der Waals surface area contributed by atoms with E-state index >= 15 is 0 Å². The smallest absolute Gasteiger partial charge is 0.340 e. The van der Waals surface area contributed by atoms with Gasteiger partial charge in [-0.1, -0.05) is 5.73 Å². The number of allylic oxidation sites excluding steroid dienone is 4. The summed E-state index contributed by atoms with van der Waals surface area (Å²) in [5.74, 6) is 4.62. The molecular formula is C20H14O3. The van der Waals surface area contributed by atoms with Gasteiger partial charge in [0.15, 0.2) is 11.9 Å². The molecule has 0 heterocycles. The van der Waals surface area contributed by atoms with Gasteiger partial charge in [-0.15, -0.1) is 0 Å². The molecule has 1 fully saturated rings. The number of Topliss-reactive ketones (excluding diaryl/α,β-unsaturated/α-hetero) is 1. The third-order valence-electron chi connectivity index (χ3n) is 3.26. The molecule has 112 valence electrons. The molecule has 0 amide bonds. The molecule has 2 rings (SSSR count). The molecule has 0 atom stereocenters. The molecule has 23 heavy (non-hydrogen) atoms. The minimum Gasteiger partial charge on any atom is -0.575 e. The van der Waals surface area contributed by atoms with Crippen molar-refractivity contribution in [2.45, 2.75) is 12.8 Å². The van der Waals surface area contributed by atoms with Crippen LogP contribution in [0.5, 0.6) is 0 Å². The first-order valence-corrected chi connectivity index (χ1v) is 6.75. The summed E-state index contributed by atoms with van der Waals surface area (Å²) in [7, 11) is 0. The highest BCUT2D eigenvalue weighted by atomic mass is 16.6. The van der Waals surface area contributed by atoms with E-state index in [1.54, 1.807) is 0 Å². The highest BCUT2D eigenvalue weighted by Gasteiger charge is 2.40. The molecule has 0 bridgehead atoms. The van der Waals surface area contributed by atoms with E-state index < -0.39 is 11.4 Å². The molecule has 3 heteroatoms. The molecule has 2 aliphatic carbocycles. The zero-order chi connectivity index (χ0) is 17.2. The second-order valence-electron chi connectivity index (χ2n) is 5.23. The predicted octanol–water partition coefficient (Wildman–Crippen LogP) is 2.13. The van der Waals surface area contributed by atoms with Crippen LogP contribution in [0.15, 0.2) is 52.0 Å². The van der Waals surface area contributed by atoms with Crippen LogP contribution in [0.4, 0.5) is 0 Å². The number of ketones is 1. The fourth-order valence-electron chi connectivity index (χ4n) is 2.11. The Morgan fingerprint density at radius 3 is 2.83 bits per heavy atom. The van der Waals surface area contributed by atoms with Gasteiger partial charge in [0, 0.05) is 5.76 Å². The number of carbonyl (C=O) groups is 1. The Morgan fingerprint density at radius 2 is 2.22 bits per heavy atom. The minimum atomic E-state index is -0.904. The van der Waals surface area contributed by atoms with E-state index in [1.165, 1.54) is 0 Å². The van der Waals surface area contributed by atoms with Gasteiger partial charge in [-0.25, -0.2) is 0 Å². The minimum absolute atomic E-state index is 0.0140. The normalized spacial score (nSPS) is 19.6. The van der Waals surface area contributed by atoms with E-state index in [0.717, 1.165) is 0 Å². The molecule has 0 aliphatic heterocycles. The summed E-state index contributed by atoms with van der Waals surface area (Å²) in [5, 5.41) is 12.2. The number of hydrogen-bond acceptors (Lipinski definition) is 3. The SMILES string of the molecule is C=[C+]C#CCC1=C=C(OC([O-])=C2C(=C=C([CH2+])[CH2+])C2([CH2-])[CH2-])CC1=O. The molecule has 0 spiro atoms. The van der Waals surface area contributed by atoms with Crippen LogP contribution in [0.2, 0.25) is 0 Å². The third-order valence-corrected chi connectivity index (χ3v) is 3.26. The second-order valence-corrected chi connectivity index (χ2v) is 5.23. The standard InChI is InChI=1S/C20H14O3/c1-6-7-8-9-14-11-15(12-17(14)21)23-19(22)18-16(10-13(2)3)20(18,4)5/h1-5,9,12H2. The zero-order valence-electron chi connectivity index (χ0n) is 12.7. The summed E-state index contributed by atoms with van der Waals surface area (Å²) < 4.78 is 5.21. The van der Waals surface area contributed by atoms with Crippen LogP contribution in [0.25, 0.3) is 0 Å². The lowest BCUT2D eigenvalue weighted by Gasteiger charge is -2.18. The van der Waals surface area contributed by atoms with Crippen molar-refractivity contribution >= 4 is 5.78 Å². The van der Waals surface area contributed by atoms with Crippen molar-refractivity contribution in [2.24, 2.45) is 5.41 Å². The number of ether oxygens (including phenoxy) is 1. The molecule has 0 aromatic heterocycles. The highest BCUT2D eigenvalue weighted by Crippen LogP contribution is 2.57. The van der Waals surface area contributed by atoms with E-state index in [1.807, 2.05) is 0 Å². The molecular weight excluding hydrogens is 288 g/mol. The molecule has 0 unspecified atom stereocenters. The van der Waals surface area contributed by atoms with Gasteiger partial charge >= 0.3 is 5.57 Å². The highest BCUT2D eigenvalue weighted by molar-refractivity contribution is 5.99. The Hall–Kier alpha value is -3.00. The van der Waals surface area contributed by atoms with Crippen LogP contribution in [0, 0.1) is 51.0 Å². The predicted molar refractivity (Wildman–Crippen MR) is 83.9 cm³/mol. The maximum atomic E-state index is 12.2. The summed E-state index contributed by atoms with van der Waals surface area (Å²) in [6.07, 6.45) is 2.61. The van der Waals surface area contributed by atoms with E-state index in [9.17, 15) is 9.90 Å². The Bertz CT molecular complexity index is 803. The van der Waals surface area contributed by atoms with Crippen LogP contribution < -0.4 is 5.11 Å². The van der Waals surface area contributed by atoms with E-state index in [-0.39, 0.29) is 24.4 Å². The third kappa shape index (κ3) is 3.43. The lowest BCUT2D eigenvalue weighted by molar-refractivity contribution is -0.352. The maximum Gasteiger partial charge on any atom is 0.340 e. The second kappa shape index (κ2) is 6.01. The van der Waals surface area contributed by atoms with Crippen molar-refractivity contribution in [3.05, 3.63) is 85.8 Å². The summed E-state index contributed by atoms with van der Waals surface area (Å²) >= 11 is 0. The number of hydrogen-bond donors (Lipinski definition) is 0. The molecule has 0 saturated heterocycles. The Labute approximate surface area is 137 Å². The van der Waals surface area contributed by atoms with Gasteiger partial charge in [-0.3, -0.25) is 4.79 Å². The van der Waals surface area contributed by atoms with Crippen molar-refractivity contribution in [1.82, 2.24) is 0 Å². The van der Waals surface area contributed by atoms with Crippen molar-refractivity contribution < 1.29 is 14.6 Å². The maximum absolute atomic E-state index is 12.2. The topological polar surface area (TPSA) is 49.4 Å². The van der Waals surface area contributed by atoms with Crippen molar-refractivity contribution in [3.63, 3.8) is 0 Å². The molecule has 0 N–H and O–H groups in total. The van der Waals surface area contributed by atoms with Crippen LogP contribution in [-0.2, 0) is 9.53 Å². The summed E-state index contributed by atoms with van der Waals surface area (Å²) in [4.78, 5) is 11.8. The van der Waals surface area contributed by atoms with Crippen LogP contribution in [0.1, 0.15) is 12.8 Å². The van der Waals surface area contributed by atoms with Gasteiger partial charge in [-0.05, 0) is 5.57 Å². The van der Waals surface area contributed by atoms with Gasteiger partial charge in [0.2, 0.25) is 11.7 Å².